The fourth-order valence-corrected chi connectivity index (χ4v) is 9.15. The number of halogens is 5. The van der Waals surface area contributed by atoms with Crippen molar-refractivity contribution in [2.24, 2.45) is 14.1 Å². The Kier molecular flexibility index (Phi) is 19.5. The minimum absolute atomic E-state index is 0.0218. The second kappa shape index (κ2) is 26.5. The molecule has 2 aliphatic rings. The Bertz CT molecular complexity index is 3400. The summed E-state index contributed by atoms with van der Waals surface area (Å²) in [4.78, 5) is 45.9. The van der Waals surface area contributed by atoms with E-state index >= 15 is 0 Å². The van der Waals surface area contributed by atoms with Gasteiger partial charge in [0.2, 0.25) is 41.7 Å². The fraction of sp³-hybridized carbons (Fsp3) is 0.429. The molecule has 81 heavy (non-hydrogen) atoms. The highest BCUT2D eigenvalue weighted by molar-refractivity contribution is 14.1. The van der Waals surface area contributed by atoms with Gasteiger partial charge in [-0.15, -0.1) is 20.4 Å². The molecule has 0 amide bonds. The minimum Gasteiger partial charge on any atom is -0.418 e. The van der Waals surface area contributed by atoms with Crippen molar-refractivity contribution in [2.75, 3.05) is 34.7 Å². The normalized spacial score (nSPS) is 15.6. The predicted molar refractivity (Wildman–Crippen MR) is 304 cm³/mol. The summed E-state index contributed by atoms with van der Waals surface area (Å²) in [7, 11) is 3.68. The Balaban J connectivity index is 0.000000197. The molecule has 0 spiro atoms. The van der Waals surface area contributed by atoms with Crippen LogP contribution in [0.15, 0.2) is 94.5 Å². The fourth-order valence-electron chi connectivity index (χ4n) is 9.15. The zero-order chi connectivity index (χ0) is 58.0. The molecule has 10 rings (SSSR count). The van der Waals surface area contributed by atoms with E-state index < -0.39 is 12.9 Å². The maximum Gasteiger partial charge on any atom is 0.284 e. The van der Waals surface area contributed by atoms with Crippen molar-refractivity contribution in [3.63, 3.8) is 0 Å². The number of carbonyl (C=O) groups is 2. The van der Waals surface area contributed by atoms with E-state index in [0.717, 1.165) is 70.0 Å². The van der Waals surface area contributed by atoms with Crippen LogP contribution in [0.3, 0.4) is 0 Å². The highest BCUT2D eigenvalue weighted by Crippen LogP contribution is 2.37. The lowest BCUT2D eigenvalue weighted by atomic mass is 9.87. The average Bonchev–Trinajstić information content (AvgIpc) is 4.30. The number of benzene rings is 2. The first-order valence-corrected chi connectivity index (χ1v) is 27.8. The van der Waals surface area contributed by atoms with Crippen molar-refractivity contribution < 1.29 is 36.0 Å². The van der Waals surface area contributed by atoms with Crippen LogP contribution < -0.4 is 16.0 Å². The zero-order valence-corrected chi connectivity index (χ0v) is 48.5. The van der Waals surface area contributed by atoms with Crippen molar-refractivity contribution in [3.8, 4) is 22.5 Å². The number of aromatic nitrogens is 12. The van der Waals surface area contributed by atoms with E-state index in [-0.39, 0.29) is 63.4 Å². The van der Waals surface area contributed by atoms with E-state index in [1.165, 1.54) is 0 Å². The van der Waals surface area contributed by atoms with Gasteiger partial charge in [0.15, 0.2) is 0 Å². The molecule has 0 fully saturated rings. The van der Waals surface area contributed by atoms with Gasteiger partial charge in [0.1, 0.15) is 0 Å². The van der Waals surface area contributed by atoms with Crippen LogP contribution in [-0.4, -0.2) is 113 Å². The molecule has 2 aliphatic heterocycles. The Labute approximate surface area is 479 Å². The van der Waals surface area contributed by atoms with Gasteiger partial charge in [0.25, 0.3) is 18.2 Å². The summed E-state index contributed by atoms with van der Waals surface area (Å²) < 4.78 is 62.9. The molecule has 428 valence electrons. The summed E-state index contributed by atoms with van der Waals surface area (Å²) >= 11 is 1.63. The zero-order valence-electron chi connectivity index (χ0n) is 46.3. The lowest BCUT2D eigenvalue weighted by Crippen LogP contribution is -2.28. The van der Waals surface area contributed by atoms with E-state index in [0.29, 0.717) is 55.3 Å². The molecule has 20 nitrogen and oxygen atoms in total. The number of hydrogen-bond donors (Lipinski definition) is 3. The van der Waals surface area contributed by atoms with Gasteiger partial charge in [-0.2, -0.15) is 10.2 Å². The molecule has 8 heterocycles. The number of aryl methyl sites for hydroxylation is 2. The molecule has 3 N–H and O–H groups in total. The maximum absolute atomic E-state index is 13.4. The van der Waals surface area contributed by atoms with Crippen molar-refractivity contribution >= 4 is 57.4 Å². The molecule has 0 saturated carbocycles. The third kappa shape index (κ3) is 16.4. The van der Waals surface area contributed by atoms with Gasteiger partial charge in [-0.25, -0.2) is 37.5 Å². The van der Waals surface area contributed by atoms with Crippen LogP contribution in [0.25, 0.3) is 22.5 Å². The van der Waals surface area contributed by atoms with Crippen LogP contribution in [0.5, 0.6) is 0 Å². The highest BCUT2D eigenvalue weighted by atomic mass is 127. The van der Waals surface area contributed by atoms with Crippen molar-refractivity contribution in [1.29, 1.82) is 0 Å². The van der Waals surface area contributed by atoms with Crippen LogP contribution in [0.1, 0.15) is 134 Å². The number of rotatable bonds is 15. The van der Waals surface area contributed by atoms with Gasteiger partial charge in [0, 0.05) is 86.8 Å². The van der Waals surface area contributed by atoms with Crippen LogP contribution in [0.4, 0.5) is 40.8 Å². The second-order valence-corrected chi connectivity index (χ2v) is 22.7. The van der Waals surface area contributed by atoms with Gasteiger partial charge in [0.05, 0.1) is 46.1 Å². The molecule has 25 heteroatoms. The lowest BCUT2D eigenvalue weighted by Gasteiger charge is -2.20. The molecule has 0 radical (unpaired) electrons. The number of ketones is 2. The number of nitrogens with one attached hydrogen (secondary N) is 3. The molecular weight excluding hydrogens is 1160 g/mol. The smallest absolute Gasteiger partial charge is 0.284 e. The topological polar surface area (TPSA) is 239 Å². The van der Waals surface area contributed by atoms with Crippen molar-refractivity contribution in [3.05, 3.63) is 132 Å². The van der Waals surface area contributed by atoms with Crippen LogP contribution in [0, 0.1) is 0 Å². The number of fused-ring (bicyclic) bond motifs is 2. The molecule has 0 bridgehead atoms. The minimum atomic E-state index is -2.46. The first-order chi connectivity index (χ1) is 38.6. The molecular formula is C56H65F4IN16O4. The molecule has 0 saturated heterocycles. The van der Waals surface area contributed by atoms with Crippen molar-refractivity contribution in [1.82, 2.24) is 70.1 Å². The molecule has 0 unspecified atom stereocenters. The summed E-state index contributed by atoms with van der Waals surface area (Å²) in [6.45, 7) is 13.7. The first kappa shape index (κ1) is 59.7. The predicted octanol–water partition coefficient (Wildman–Crippen LogP) is 11.0. The maximum atomic E-state index is 13.4. The molecule has 8 aromatic rings. The quantitative estimate of drug-likeness (QED) is 0.0374. The lowest BCUT2D eigenvalue weighted by molar-refractivity contribution is 0.0834. The second-order valence-electron chi connectivity index (χ2n) is 21.8. The average molecular weight is 1230 g/mol. The Morgan fingerprint density at radius 1 is 0.691 bits per heavy atom. The van der Waals surface area contributed by atoms with E-state index in [4.69, 9.17) is 8.83 Å². The Morgan fingerprint density at radius 2 is 1.17 bits per heavy atom. The monoisotopic (exact) mass is 1230 g/mol. The largest absolute Gasteiger partial charge is 0.418 e. The van der Waals surface area contributed by atoms with Gasteiger partial charge < -0.3 is 24.8 Å². The van der Waals surface area contributed by atoms with Crippen LogP contribution in [0.2, 0.25) is 0 Å². The van der Waals surface area contributed by atoms with Gasteiger partial charge in [-0.05, 0) is 84.3 Å². The Hall–Kier alpha value is -7.39. The van der Waals surface area contributed by atoms with E-state index in [2.05, 4.69) is 84.7 Å². The van der Waals surface area contributed by atoms with E-state index in [1.807, 2.05) is 92.3 Å². The summed E-state index contributed by atoms with van der Waals surface area (Å²) in [6, 6.07) is 15.9. The molecule has 2 atom stereocenters. The van der Waals surface area contributed by atoms with Gasteiger partial charge in [-0.3, -0.25) is 23.9 Å². The van der Waals surface area contributed by atoms with Gasteiger partial charge in [-0.1, -0.05) is 88.4 Å². The first-order valence-electron chi connectivity index (χ1n) is 26.3. The molecule has 0 aliphatic carbocycles. The summed E-state index contributed by atoms with van der Waals surface area (Å²) in [5.74, 6) is 1.36. The van der Waals surface area contributed by atoms with Crippen molar-refractivity contribution in [2.45, 2.75) is 116 Å². The number of anilines is 4. The Morgan fingerprint density at radius 3 is 1.62 bits per heavy atom. The third-order valence-corrected chi connectivity index (χ3v) is 13.8. The SMILES string of the molecule is Cn1cc(Nc2nccc(-c3ccc4c(c3)CN(CC(F)F)CC[C@H]4CC(=O)c3nnc(C(C)(C)C)o3)n2)cn1.Cn1cc(Nc2nccc(-c3ccc4c(c3)CNCC[C@H]4CC(=O)c3nnc(C(C)(C)C)o3)n2)cn1.FC(F)CI. The number of hydrogen-bond acceptors (Lipinski definition) is 18. The summed E-state index contributed by atoms with van der Waals surface area (Å²) in [6.07, 6.45) is 7.77. The van der Waals surface area contributed by atoms with Gasteiger partial charge >= 0.3 is 0 Å². The number of nitrogens with zero attached hydrogens (tertiary/aromatic N) is 13. The summed E-state index contributed by atoms with van der Waals surface area (Å²) in [5, 5.41) is 34.2. The standard InChI is InChI=1S/C28H32F2N8O2.C26H30N8O2.C2H3F2I/c1-28(2,3)26-36-35-25(40-26)23(39)12-17-8-10-38(16-24(29)30)14-19-11-18(5-6-21(17)19)22-7-9-31-27(34-22)33-20-13-32-37(4)15-20;1-26(2,3)24-33-32-23(36-24)22(35)12-16-7-9-27-13-18-11-17(5-6-20(16)18)21-8-10-28-25(31-21)30-19-14-29-34(4)15-19;3-2(4)1-5/h5-7,9,11,13,15,17,24H,8,10,12,14,16H2,1-4H3,(H,31,33,34);5-6,8,10-11,14-16,27H,7,9,12-13H2,1-4H3,(H,28,30,31);2H,1H2/t17-;16-;/m00./s1. The molecule has 6 aromatic heterocycles. The number of carbonyl (C=O) groups excluding carboxylic acids is 2. The number of Topliss-reactive ketones (excluding diaryl/α,β-unsaturated/α-hetero) is 2. The van der Waals surface area contributed by atoms with E-state index in [1.54, 1.807) is 67.7 Å². The van der Waals surface area contributed by atoms with Crippen LogP contribution in [-0.2, 0) is 38.0 Å². The van der Waals surface area contributed by atoms with E-state index in [9.17, 15) is 27.2 Å². The number of alkyl halides is 5. The summed E-state index contributed by atoms with van der Waals surface area (Å²) in [5.41, 5.74) is 8.38. The molecule has 2 aromatic carbocycles. The van der Waals surface area contributed by atoms with Crippen LogP contribution >= 0.6 is 22.6 Å². The highest BCUT2D eigenvalue weighted by Gasteiger charge is 2.31. The third-order valence-electron chi connectivity index (χ3n) is 13.1.